The molecule has 0 saturated heterocycles. The highest BCUT2D eigenvalue weighted by molar-refractivity contribution is 14.1. The van der Waals surface area contributed by atoms with Gasteiger partial charge in [0.2, 0.25) is 0 Å². The van der Waals surface area contributed by atoms with Gasteiger partial charge in [0.05, 0.1) is 0 Å². The molecule has 1 saturated carbocycles. The lowest BCUT2D eigenvalue weighted by atomic mass is 9.93. The van der Waals surface area contributed by atoms with Crippen molar-refractivity contribution in [3.8, 4) is 0 Å². The number of anilines is 1. The maximum absolute atomic E-state index is 3.56. The van der Waals surface area contributed by atoms with Gasteiger partial charge in [0.15, 0.2) is 0 Å². The van der Waals surface area contributed by atoms with E-state index in [0.29, 0.717) is 0 Å². The van der Waals surface area contributed by atoms with Crippen LogP contribution in [0.25, 0.3) is 0 Å². The molecule has 0 amide bonds. The molecule has 0 radical (unpaired) electrons. The number of halogens is 1. The maximum Gasteiger partial charge on any atom is 0.0340 e. The van der Waals surface area contributed by atoms with Crippen LogP contribution in [0.15, 0.2) is 36.4 Å². The molecule has 0 aliphatic heterocycles. The van der Waals surface area contributed by atoms with Gasteiger partial charge in [-0.2, -0.15) is 0 Å². The standard InChI is InChI=1S/C14H16IN/c15-13-3-5-14(6-4-13)16-9-12-8-10-1-2-11(12)7-10/h1-6,10-12,16H,7-9H2. The number of benzene rings is 1. The summed E-state index contributed by atoms with van der Waals surface area (Å²) in [5.74, 6) is 2.59. The normalized spacial score (nSPS) is 30.9. The smallest absolute Gasteiger partial charge is 0.0340 e. The Bertz CT molecular complexity index is 396. The van der Waals surface area contributed by atoms with Crippen molar-refractivity contribution in [1.82, 2.24) is 0 Å². The molecular formula is C14H16IN. The number of rotatable bonds is 3. The van der Waals surface area contributed by atoms with Crippen LogP contribution in [0.4, 0.5) is 5.69 Å². The maximum atomic E-state index is 3.56. The first-order valence-electron chi connectivity index (χ1n) is 5.99. The van der Waals surface area contributed by atoms with Gasteiger partial charge in [-0.15, -0.1) is 0 Å². The molecule has 1 nitrogen and oxygen atoms in total. The van der Waals surface area contributed by atoms with Gasteiger partial charge in [-0.05, 0) is 77.5 Å². The third kappa shape index (κ3) is 2.12. The third-order valence-electron chi connectivity index (χ3n) is 3.83. The zero-order valence-corrected chi connectivity index (χ0v) is 11.4. The van der Waals surface area contributed by atoms with Gasteiger partial charge in [-0.3, -0.25) is 0 Å². The van der Waals surface area contributed by atoms with Crippen molar-refractivity contribution < 1.29 is 0 Å². The van der Waals surface area contributed by atoms with Crippen LogP contribution in [0.5, 0.6) is 0 Å². The van der Waals surface area contributed by atoms with E-state index in [1.165, 1.54) is 22.1 Å². The lowest BCUT2D eigenvalue weighted by molar-refractivity contribution is 0.472. The lowest BCUT2D eigenvalue weighted by Crippen LogP contribution is -2.18. The molecule has 1 aromatic carbocycles. The zero-order chi connectivity index (χ0) is 11.0. The zero-order valence-electron chi connectivity index (χ0n) is 9.20. The van der Waals surface area contributed by atoms with Gasteiger partial charge in [0, 0.05) is 15.8 Å². The van der Waals surface area contributed by atoms with E-state index in [-0.39, 0.29) is 0 Å². The molecular weight excluding hydrogens is 309 g/mol. The molecule has 1 fully saturated rings. The summed E-state index contributed by atoms with van der Waals surface area (Å²) >= 11 is 2.34. The molecule has 0 heterocycles. The van der Waals surface area contributed by atoms with Gasteiger partial charge in [-0.1, -0.05) is 12.2 Å². The second-order valence-corrected chi connectivity index (χ2v) is 6.17. The first-order chi connectivity index (χ1) is 7.81. The first-order valence-corrected chi connectivity index (χ1v) is 7.07. The van der Waals surface area contributed by atoms with Gasteiger partial charge in [-0.25, -0.2) is 0 Å². The van der Waals surface area contributed by atoms with Crippen LogP contribution in [-0.2, 0) is 0 Å². The summed E-state index contributed by atoms with van der Waals surface area (Å²) in [5, 5.41) is 3.56. The largest absolute Gasteiger partial charge is 0.385 e. The van der Waals surface area contributed by atoms with E-state index >= 15 is 0 Å². The fourth-order valence-electron chi connectivity index (χ4n) is 2.95. The Labute approximate surface area is 110 Å². The van der Waals surface area contributed by atoms with E-state index in [1.54, 1.807) is 0 Å². The average Bonchev–Trinajstić information content (AvgIpc) is 2.90. The second-order valence-electron chi connectivity index (χ2n) is 4.93. The van der Waals surface area contributed by atoms with Gasteiger partial charge >= 0.3 is 0 Å². The van der Waals surface area contributed by atoms with Crippen LogP contribution >= 0.6 is 22.6 Å². The fourth-order valence-corrected chi connectivity index (χ4v) is 3.31. The molecule has 84 valence electrons. The molecule has 2 aliphatic rings. The van der Waals surface area contributed by atoms with E-state index in [0.717, 1.165) is 24.3 Å². The first kappa shape index (κ1) is 10.6. The molecule has 0 spiro atoms. The Morgan fingerprint density at radius 1 is 1.12 bits per heavy atom. The molecule has 0 aromatic heterocycles. The Morgan fingerprint density at radius 3 is 2.56 bits per heavy atom. The summed E-state index contributed by atoms with van der Waals surface area (Å²) in [6, 6.07) is 8.66. The number of hydrogen-bond acceptors (Lipinski definition) is 1. The van der Waals surface area contributed by atoms with Crippen molar-refractivity contribution in [3.63, 3.8) is 0 Å². The summed E-state index contributed by atoms with van der Waals surface area (Å²) in [5.41, 5.74) is 1.26. The van der Waals surface area contributed by atoms with Crippen molar-refractivity contribution >= 4 is 28.3 Å². The molecule has 3 unspecified atom stereocenters. The van der Waals surface area contributed by atoms with Gasteiger partial charge in [0.1, 0.15) is 0 Å². The van der Waals surface area contributed by atoms with Crippen molar-refractivity contribution in [1.29, 1.82) is 0 Å². The fraction of sp³-hybridized carbons (Fsp3) is 0.429. The van der Waals surface area contributed by atoms with Crippen LogP contribution < -0.4 is 5.32 Å². The molecule has 2 bridgehead atoms. The number of hydrogen-bond donors (Lipinski definition) is 1. The van der Waals surface area contributed by atoms with Crippen molar-refractivity contribution in [2.45, 2.75) is 12.8 Å². The summed E-state index contributed by atoms with van der Waals surface area (Å²) in [4.78, 5) is 0. The van der Waals surface area contributed by atoms with Crippen LogP contribution in [-0.4, -0.2) is 6.54 Å². The lowest BCUT2D eigenvalue weighted by Gasteiger charge is -2.19. The molecule has 1 N–H and O–H groups in total. The van der Waals surface area contributed by atoms with E-state index in [4.69, 9.17) is 0 Å². The monoisotopic (exact) mass is 325 g/mol. The van der Waals surface area contributed by atoms with E-state index in [9.17, 15) is 0 Å². The summed E-state index contributed by atoms with van der Waals surface area (Å²) < 4.78 is 1.30. The van der Waals surface area contributed by atoms with Crippen molar-refractivity contribution in [2.75, 3.05) is 11.9 Å². The molecule has 1 aromatic rings. The van der Waals surface area contributed by atoms with Crippen LogP contribution in [0.1, 0.15) is 12.8 Å². The van der Waals surface area contributed by atoms with Crippen molar-refractivity contribution in [2.24, 2.45) is 17.8 Å². The minimum Gasteiger partial charge on any atom is -0.385 e. The van der Waals surface area contributed by atoms with Crippen LogP contribution in [0, 0.1) is 21.3 Å². The number of fused-ring (bicyclic) bond motifs is 2. The SMILES string of the molecule is Ic1ccc(NCC2CC3C=CC2C3)cc1. The van der Waals surface area contributed by atoms with E-state index < -0.39 is 0 Å². The second kappa shape index (κ2) is 4.40. The summed E-state index contributed by atoms with van der Waals surface area (Å²) in [6.45, 7) is 1.13. The van der Waals surface area contributed by atoms with E-state index in [1.807, 2.05) is 0 Å². The highest BCUT2D eigenvalue weighted by Crippen LogP contribution is 2.43. The Morgan fingerprint density at radius 2 is 1.94 bits per heavy atom. The van der Waals surface area contributed by atoms with Crippen molar-refractivity contribution in [3.05, 3.63) is 40.0 Å². The molecule has 16 heavy (non-hydrogen) atoms. The third-order valence-corrected chi connectivity index (χ3v) is 4.55. The Kier molecular flexibility index (Phi) is 2.92. The van der Waals surface area contributed by atoms with Crippen LogP contribution in [0.2, 0.25) is 0 Å². The number of nitrogens with one attached hydrogen (secondary N) is 1. The molecule has 3 atom stereocenters. The predicted octanol–water partition coefficient (Wildman–Crippen LogP) is 3.92. The predicted molar refractivity (Wildman–Crippen MR) is 76.5 cm³/mol. The summed E-state index contributed by atoms with van der Waals surface area (Å²) in [7, 11) is 0. The quantitative estimate of drug-likeness (QED) is 0.656. The van der Waals surface area contributed by atoms with Gasteiger partial charge in [0.25, 0.3) is 0 Å². The molecule has 3 rings (SSSR count). The minimum atomic E-state index is 0.848. The Balaban J connectivity index is 1.57. The number of allylic oxidation sites excluding steroid dienone is 2. The van der Waals surface area contributed by atoms with E-state index in [2.05, 4.69) is 64.3 Å². The highest BCUT2D eigenvalue weighted by atomic mass is 127. The average molecular weight is 325 g/mol. The minimum absolute atomic E-state index is 0.848. The molecule has 2 aliphatic carbocycles. The Hall–Kier alpha value is -0.510. The topological polar surface area (TPSA) is 12.0 Å². The highest BCUT2D eigenvalue weighted by Gasteiger charge is 2.35. The van der Waals surface area contributed by atoms with Crippen LogP contribution in [0.3, 0.4) is 0 Å². The molecule has 2 heteroatoms. The summed E-state index contributed by atoms with van der Waals surface area (Å²) in [6.07, 6.45) is 7.62. The van der Waals surface area contributed by atoms with Gasteiger partial charge < -0.3 is 5.32 Å².